The number of fused-ring (bicyclic) bond motifs is 1. The van der Waals surface area contributed by atoms with Crippen molar-refractivity contribution < 1.29 is 30.8 Å². The fraction of sp³-hybridized carbons (Fsp3) is 0.381. The fourth-order valence-electron chi connectivity index (χ4n) is 4.22. The summed E-state index contributed by atoms with van der Waals surface area (Å²) in [6, 6.07) is 10.0. The summed E-state index contributed by atoms with van der Waals surface area (Å²) in [6.45, 7) is -0.196. The van der Waals surface area contributed by atoms with E-state index >= 15 is 0 Å². The predicted octanol–water partition coefficient (Wildman–Crippen LogP) is 1.93. The Morgan fingerprint density at radius 2 is 1.76 bits per heavy atom. The first-order chi connectivity index (χ1) is 15.6. The maximum atomic E-state index is 13.2. The van der Waals surface area contributed by atoms with E-state index in [0.717, 1.165) is 28.6 Å². The number of sulfone groups is 1. The molecular formula is C21H24FN3O6S2. The van der Waals surface area contributed by atoms with Crippen molar-refractivity contribution in [2.75, 3.05) is 37.8 Å². The zero-order valence-corrected chi connectivity index (χ0v) is 19.5. The van der Waals surface area contributed by atoms with Crippen LogP contribution in [0.25, 0.3) is 0 Å². The zero-order chi connectivity index (χ0) is 23.8. The van der Waals surface area contributed by atoms with Gasteiger partial charge in [0.25, 0.3) is 0 Å². The van der Waals surface area contributed by atoms with Gasteiger partial charge in [0.2, 0.25) is 10.0 Å². The van der Waals surface area contributed by atoms with Crippen LogP contribution in [0, 0.1) is 5.82 Å². The average Bonchev–Trinajstić information content (AvgIpc) is 2.79. The molecule has 2 aliphatic rings. The maximum absolute atomic E-state index is 13.2. The lowest BCUT2D eigenvalue weighted by Crippen LogP contribution is -2.64. The standard InChI is InChI=1S/C21H24FN3O6S2/c1-31-17-6-4-16(5-7-17)23-21(26)25-12-13-32(27,28)20-14-24(11-10-19(20)25)33(29,30)18-8-2-15(22)3-9-18/h2-9,19-20H,10-14H2,1H3,(H,23,26). The minimum Gasteiger partial charge on any atom is -0.497 e. The van der Waals surface area contributed by atoms with Crippen molar-refractivity contribution in [2.45, 2.75) is 22.6 Å². The summed E-state index contributed by atoms with van der Waals surface area (Å²) >= 11 is 0. The average molecular weight is 498 g/mol. The summed E-state index contributed by atoms with van der Waals surface area (Å²) in [4.78, 5) is 14.3. The Labute approximate surface area is 192 Å². The minimum absolute atomic E-state index is 0.0240. The Kier molecular flexibility index (Phi) is 6.34. The highest BCUT2D eigenvalue weighted by molar-refractivity contribution is 7.92. The minimum atomic E-state index is -4.00. The first kappa shape index (κ1) is 23.5. The second-order valence-corrected chi connectivity index (χ2v) is 12.2. The van der Waals surface area contributed by atoms with Gasteiger partial charge in [-0.15, -0.1) is 0 Å². The molecule has 2 aromatic carbocycles. The summed E-state index contributed by atoms with van der Waals surface area (Å²) in [5.41, 5.74) is 0.530. The van der Waals surface area contributed by atoms with E-state index in [1.165, 1.54) is 12.0 Å². The Morgan fingerprint density at radius 3 is 2.39 bits per heavy atom. The number of nitrogens with zero attached hydrogens (tertiary/aromatic N) is 2. The highest BCUT2D eigenvalue weighted by Gasteiger charge is 2.48. The molecule has 0 saturated carbocycles. The molecule has 0 bridgehead atoms. The number of carbonyl (C=O) groups is 1. The number of amides is 2. The summed E-state index contributed by atoms with van der Waals surface area (Å²) < 4.78 is 71.1. The third-order valence-corrected chi connectivity index (χ3v) is 10.0. The number of anilines is 1. The smallest absolute Gasteiger partial charge is 0.322 e. The van der Waals surface area contributed by atoms with Gasteiger partial charge >= 0.3 is 6.03 Å². The van der Waals surface area contributed by atoms with Crippen LogP contribution in [0.3, 0.4) is 0 Å². The topological polar surface area (TPSA) is 113 Å². The van der Waals surface area contributed by atoms with E-state index in [4.69, 9.17) is 4.74 Å². The molecule has 12 heteroatoms. The molecule has 4 rings (SSSR count). The van der Waals surface area contributed by atoms with Gasteiger partial charge in [-0.25, -0.2) is 26.0 Å². The number of hydrogen-bond donors (Lipinski definition) is 1. The number of nitrogens with one attached hydrogen (secondary N) is 1. The van der Waals surface area contributed by atoms with Gasteiger partial charge in [-0.3, -0.25) is 0 Å². The van der Waals surface area contributed by atoms with Crippen molar-refractivity contribution in [1.29, 1.82) is 0 Å². The zero-order valence-electron chi connectivity index (χ0n) is 17.8. The Balaban J connectivity index is 1.53. The number of benzene rings is 2. The molecule has 0 spiro atoms. The molecule has 2 saturated heterocycles. The number of ether oxygens (including phenoxy) is 1. The quantitative estimate of drug-likeness (QED) is 0.691. The summed E-state index contributed by atoms with van der Waals surface area (Å²) in [7, 11) is -6.09. The van der Waals surface area contributed by atoms with E-state index < -0.39 is 43.0 Å². The molecule has 2 unspecified atom stereocenters. The molecule has 0 radical (unpaired) electrons. The van der Waals surface area contributed by atoms with Gasteiger partial charge in [-0.05, 0) is 55.0 Å². The fourth-order valence-corrected chi connectivity index (χ4v) is 7.72. The molecule has 9 nitrogen and oxygen atoms in total. The summed E-state index contributed by atoms with van der Waals surface area (Å²) in [5.74, 6) is -0.192. The molecule has 0 aliphatic carbocycles. The van der Waals surface area contributed by atoms with Crippen molar-refractivity contribution in [2.24, 2.45) is 0 Å². The van der Waals surface area contributed by atoms with E-state index in [1.54, 1.807) is 24.3 Å². The number of urea groups is 1. The first-order valence-electron chi connectivity index (χ1n) is 10.3. The Morgan fingerprint density at radius 1 is 1.09 bits per heavy atom. The molecule has 1 N–H and O–H groups in total. The van der Waals surface area contributed by atoms with Crippen molar-refractivity contribution in [3.05, 3.63) is 54.3 Å². The Bertz CT molecular complexity index is 1230. The van der Waals surface area contributed by atoms with Gasteiger partial charge in [-0.1, -0.05) is 0 Å². The van der Waals surface area contributed by atoms with Gasteiger partial charge in [0.15, 0.2) is 9.84 Å². The first-order valence-corrected chi connectivity index (χ1v) is 13.5. The van der Waals surface area contributed by atoms with Crippen LogP contribution in [-0.4, -0.2) is 75.9 Å². The highest BCUT2D eigenvalue weighted by Crippen LogP contribution is 2.31. The number of rotatable bonds is 4. The molecular weight excluding hydrogens is 473 g/mol. The number of carbonyl (C=O) groups excluding carboxylic acids is 1. The molecule has 178 valence electrons. The molecule has 2 heterocycles. The van der Waals surface area contributed by atoms with E-state index in [1.807, 2.05) is 0 Å². The highest BCUT2D eigenvalue weighted by atomic mass is 32.2. The van der Waals surface area contributed by atoms with Crippen LogP contribution in [0.15, 0.2) is 53.4 Å². The van der Waals surface area contributed by atoms with Gasteiger partial charge in [0.1, 0.15) is 11.6 Å². The molecule has 0 aromatic heterocycles. The van der Waals surface area contributed by atoms with Crippen LogP contribution >= 0.6 is 0 Å². The summed E-state index contributed by atoms with van der Waals surface area (Å²) in [6.07, 6.45) is 0.167. The summed E-state index contributed by atoms with van der Waals surface area (Å²) in [5, 5.41) is 1.72. The van der Waals surface area contributed by atoms with Gasteiger partial charge in [-0.2, -0.15) is 4.31 Å². The van der Waals surface area contributed by atoms with E-state index in [-0.39, 0.29) is 36.7 Å². The second kappa shape index (κ2) is 8.92. The van der Waals surface area contributed by atoms with Crippen LogP contribution < -0.4 is 10.1 Å². The van der Waals surface area contributed by atoms with Crippen LogP contribution in [0.5, 0.6) is 5.75 Å². The van der Waals surface area contributed by atoms with Crippen LogP contribution in [-0.2, 0) is 19.9 Å². The maximum Gasteiger partial charge on any atom is 0.322 e. The predicted molar refractivity (Wildman–Crippen MR) is 120 cm³/mol. The normalized spacial score (nSPS) is 22.9. The van der Waals surface area contributed by atoms with Crippen molar-refractivity contribution in [1.82, 2.24) is 9.21 Å². The van der Waals surface area contributed by atoms with E-state index in [2.05, 4.69) is 5.32 Å². The lowest BCUT2D eigenvalue weighted by atomic mass is 10.0. The molecule has 2 aliphatic heterocycles. The van der Waals surface area contributed by atoms with Gasteiger partial charge in [0.05, 0.1) is 29.0 Å². The Hall–Kier alpha value is -2.70. The van der Waals surface area contributed by atoms with Crippen LogP contribution in [0.4, 0.5) is 14.9 Å². The monoisotopic (exact) mass is 497 g/mol. The van der Waals surface area contributed by atoms with E-state index in [9.17, 15) is 26.0 Å². The number of sulfonamides is 1. The number of hydrogen-bond acceptors (Lipinski definition) is 6. The van der Waals surface area contributed by atoms with E-state index in [0.29, 0.717) is 11.4 Å². The largest absolute Gasteiger partial charge is 0.497 e. The van der Waals surface area contributed by atoms with Crippen molar-refractivity contribution >= 4 is 31.6 Å². The third-order valence-electron chi connectivity index (χ3n) is 6.02. The number of methoxy groups -OCH3 is 1. The van der Waals surface area contributed by atoms with Crippen LogP contribution in [0.1, 0.15) is 6.42 Å². The SMILES string of the molecule is COc1ccc(NC(=O)N2CCS(=O)(=O)C3CN(S(=O)(=O)c4ccc(F)cc4)CCC32)cc1. The van der Waals surface area contributed by atoms with Crippen LogP contribution in [0.2, 0.25) is 0 Å². The van der Waals surface area contributed by atoms with Gasteiger partial charge in [0, 0.05) is 25.3 Å². The lowest BCUT2D eigenvalue weighted by Gasteiger charge is -2.45. The number of halogens is 1. The lowest BCUT2D eigenvalue weighted by molar-refractivity contribution is 0.155. The van der Waals surface area contributed by atoms with Crippen molar-refractivity contribution in [3.8, 4) is 5.75 Å². The second-order valence-electron chi connectivity index (χ2n) is 7.93. The molecule has 33 heavy (non-hydrogen) atoms. The van der Waals surface area contributed by atoms with Gasteiger partial charge < -0.3 is 15.0 Å². The number of piperidine rings is 1. The molecule has 2 aromatic rings. The molecule has 2 atom stereocenters. The van der Waals surface area contributed by atoms with Crippen molar-refractivity contribution in [3.63, 3.8) is 0 Å². The molecule has 2 fully saturated rings. The molecule has 2 amide bonds. The third kappa shape index (κ3) is 4.68.